The van der Waals surface area contributed by atoms with Gasteiger partial charge in [0.25, 0.3) is 5.78 Å². The van der Waals surface area contributed by atoms with Crippen LogP contribution in [0, 0.1) is 6.92 Å². The van der Waals surface area contributed by atoms with Crippen LogP contribution in [-0.2, 0) is 9.59 Å². The minimum absolute atomic E-state index is 0.0873. The number of thiazole rings is 1. The molecule has 1 saturated heterocycles. The Kier molecular flexibility index (Phi) is 5.43. The second-order valence-electron chi connectivity index (χ2n) is 6.93. The molecule has 7 nitrogen and oxygen atoms in total. The van der Waals surface area contributed by atoms with Gasteiger partial charge in [-0.15, -0.1) is 0 Å². The monoisotopic (exact) mass is 453 g/mol. The number of aryl methyl sites for hydroxylation is 1. The van der Waals surface area contributed by atoms with Crippen LogP contribution in [0.1, 0.15) is 39.5 Å². The number of hydrogen-bond donors (Lipinski definition) is 1. The predicted molar refractivity (Wildman–Crippen MR) is 117 cm³/mol. The number of carbonyl (C=O) groups is 3. The Morgan fingerprint density at radius 3 is 2.52 bits per heavy atom. The van der Waals surface area contributed by atoms with Gasteiger partial charge in [-0.05, 0) is 36.8 Å². The summed E-state index contributed by atoms with van der Waals surface area (Å²) < 4.78 is 0. The maximum atomic E-state index is 13.1. The average molecular weight is 454 g/mol. The van der Waals surface area contributed by atoms with E-state index in [0.717, 1.165) is 11.3 Å². The van der Waals surface area contributed by atoms with Crippen LogP contribution >= 0.6 is 22.9 Å². The van der Waals surface area contributed by atoms with Crippen molar-refractivity contribution in [2.75, 3.05) is 4.90 Å². The number of aliphatic hydroxyl groups is 1. The highest BCUT2D eigenvalue weighted by molar-refractivity contribution is 7.18. The summed E-state index contributed by atoms with van der Waals surface area (Å²) in [6.45, 7) is 3.08. The van der Waals surface area contributed by atoms with Crippen LogP contribution < -0.4 is 4.90 Å². The number of aliphatic hydroxyl groups excluding tert-OH is 1. The number of amides is 1. The highest BCUT2D eigenvalue weighted by Gasteiger charge is 2.48. The van der Waals surface area contributed by atoms with Crippen molar-refractivity contribution in [2.45, 2.75) is 19.9 Å². The molecular formula is C22H16ClN3O4S. The summed E-state index contributed by atoms with van der Waals surface area (Å²) in [5.74, 6) is -2.21. The zero-order valence-electron chi connectivity index (χ0n) is 16.5. The van der Waals surface area contributed by atoms with E-state index in [0.29, 0.717) is 26.7 Å². The smallest absolute Gasteiger partial charge is 0.301 e. The molecule has 1 N–H and O–H groups in total. The molecule has 1 fully saturated rings. The Bertz CT molecular complexity index is 1250. The standard InChI is InChI=1S/C22H16ClN3O4S/c1-11-20(12(2)27)31-22(25-11)26-17(14-4-3-5-15(23)10-14)16(19(29)21(26)30)18(28)13-6-8-24-9-7-13/h3-10,17,28H,1-2H3. The molecule has 1 unspecified atom stereocenters. The molecule has 1 aliphatic rings. The summed E-state index contributed by atoms with van der Waals surface area (Å²) in [5, 5.41) is 11.6. The molecule has 1 atom stereocenters. The lowest BCUT2D eigenvalue weighted by Gasteiger charge is -2.23. The molecule has 31 heavy (non-hydrogen) atoms. The first-order valence-corrected chi connectivity index (χ1v) is 10.4. The lowest BCUT2D eigenvalue weighted by molar-refractivity contribution is -0.132. The van der Waals surface area contributed by atoms with Crippen LogP contribution in [0.2, 0.25) is 5.02 Å². The van der Waals surface area contributed by atoms with Crippen molar-refractivity contribution < 1.29 is 19.5 Å². The fourth-order valence-electron chi connectivity index (χ4n) is 3.50. The van der Waals surface area contributed by atoms with Gasteiger partial charge in [0.15, 0.2) is 10.9 Å². The molecule has 0 bridgehead atoms. The van der Waals surface area contributed by atoms with Crippen molar-refractivity contribution in [3.8, 4) is 0 Å². The minimum atomic E-state index is -0.961. The maximum absolute atomic E-state index is 13.1. The molecule has 0 aliphatic carbocycles. The third-order valence-electron chi connectivity index (χ3n) is 4.87. The maximum Gasteiger partial charge on any atom is 0.301 e. The van der Waals surface area contributed by atoms with Gasteiger partial charge in [0.2, 0.25) is 0 Å². The van der Waals surface area contributed by atoms with Crippen LogP contribution in [0.4, 0.5) is 5.13 Å². The van der Waals surface area contributed by atoms with Gasteiger partial charge >= 0.3 is 5.91 Å². The van der Waals surface area contributed by atoms with Crippen molar-refractivity contribution in [2.24, 2.45) is 0 Å². The molecule has 2 aromatic heterocycles. The van der Waals surface area contributed by atoms with Crippen molar-refractivity contribution in [3.05, 3.63) is 81.1 Å². The fourth-order valence-corrected chi connectivity index (χ4v) is 4.69. The van der Waals surface area contributed by atoms with E-state index < -0.39 is 17.7 Å². The van der Waals surface area contributed by atoms with E-state index in [1.807, 2.05) is 0 Å². The van der Waals surface area contributed by atoms with Gasteiger partial charge in [0, 0.05) is 29.9 Å². The van der Waals surface area contributed by atoms with Crippen molar-refractivity contribution in [1.29, 1.82) is 0 Å². The second-order valence-corrected chi connectivity index (χ2v) is 8.34. The van der Waals surface area contributed by atoms with Crippen molar-refractivity contribution >= 4 is 51.3 Å². The summed E-state index contributed by atoms with van der Waals surface area (Å²) in [7, 11) is 0. The number of Topliss-reactive ketones (excluding diaryl/α,β-unsaturated/α-hetero) is 2. The number of halogens is 1. The molecule has 3 heterocycles. The van der Waals surface area contributed by atoms with E-state index in [-0.39, 0.29) is 22.2 Å². The Morgan fingerprint density at radius 2 is 1.90 bits per heavy atom. The molecule has 1 aliphatic heterocycles. The average Bonchev–Trinajstić information content (AvgIpc) is 3.26. The molecule has 0 saturated carbocycles. The molecule has 1 amide bonds. The molecule has 0 radical (unpaired) electrons. The van der Waals surface area contributed by atoms with E-state index in [4.69, 9.17) is 11.6 Å². The number of ketones is 2. The number of carbonyl (C=O) groups excluding carboxylic acids is 3. The largest absolute Gasteiger partial charge is 0.507 e. The molecule has 0 spiro atoms. The summed E-state index contributed by atoms with van der Waals surface area (Å²) >= 11 is 7.20. The van der Waals surface area contributed by atoms with E-state index in [1.54, 1.807) is 43.3 Å². The van der Waals surface area contributed by atoms with Crippen LogP contribution in [0.3, 0.4) is 0 Å². The van der Waals surface area contributed by atoms with Gasteiger partial charge in [0.05, 0.1) is 22.2 Å². The lowest BCUT2D eigenvalue weighted by Crippen LogP contribution is -2.29. The first kappa shape index (κ1) is 20.9. The highest BCUT2D eigenvalue weighted by Crippen LogP contribution is 2.44. The Hall–Kier alpha value is -3.36. The van der Waals surface area contributed by atoms with Crippen LogP contribution in [0.5, 0.6) is 0 Å². The second kappa shape index (κ2) is 8.05. The number of benzene rings is 1. The normalized spacial score (nSPS) is 17.9. The quantitative estimate of drug-likeness (QED) is 0.273. The third kappa shape index (κ3) is 3.64. The number of hydrogen-bond acceptors (Lipinski definition) is 7. The predicted octanol–water partition coefficient (Wildman–Crippen LogP) is 4.33. The van der Waals surface area contributed by atoms with Gasteiger partial charge in [-0.25, -0.2) is 4.98 Å². The molecule has 9 heteroatoms. The SMILES string of the molecule is CC(=O)c1sc(N2C(=O)C(=O)C(=C(O)c3ccncc3)C2c2cccc(Cl)c2)nc1C. The molecule has 156 valence electrons. The Balaban J connectivity index is 1.96. The van der Waals surface area contributed by atoms with Crippen LogP contribution in [-0.4, -0.2) is 32.5 Å². The number of aromatic nitrogens is 2. The molecule has 4 rings (SSSR count). The summed E-state index contributed by atoms with van der Waals surface area (Å²) in [5.41, 5.74) is 1.25. The van der Waals surface area contributed by atoms with Gasteiger partial charge in [-0.3, -0.25) is 24.3 Å². The van der Waals surface area contributed by atoms with Gasteiger partial charge in [-0.1, -0.05) is 35.1 Å². The number of nitrogens with zero attached hydrogens (tertiary/aromatic N) is 3. The first-order valence-electron chi connectivity index (χ1n) is 9.24. The van der Waals surface area contributed by atoms with E-state index in [2.05, 4.69) is 9.97 Å². The van der Waals surface area contributed by atoms with Crippen LogP contribution in [0.15, 0.2) is 54.4 Å². The zero-order chi connectivity index (χ0) is 22.3. The van der Waals surface area contributed by atoms with Crippen LogP contribution in [0.25, 0.3) is 5.76 Å². The number of pyridine rings is 1. The number of anilines is 1. The lowest BCUT2D eigenvalue weighted by atomic mass is 9.96. The van der Waals surface area contributed by atoms with E-state index in [9.17, 15) is 19.5 Å². The zero-order valence-corrected chi connectivity index (χ0v) is 18.1. The minimum Gasteiger partial charge on any atom is -0.507 e. The van der Waals surface area contributed by atoms with Gasteiger partial charge in [-0.2, -0.15) is 0 Å². The Morgan fingerprint density at radius 1 is 1.19 bits per heavy atom. The topological polar surface area (TPSA) is 100 Å². The summed E-state index contributed by atoms with van der Waals surface area (Å²) in [6, 6.07) is 8.81. The van der Waals surface area contributed by atoms with E-state index >= 15 is 0 Å². The molecule has 1 aromatic carbocycles. The Labute approximate surface area is 186 Å². The first-order chi connectivity index (χ1) is 14.8. The summed E-state index contributed by atoms with van der Waals surface area (Å²) in [4.78, 5) is 47.9. The van der Waals surface area contributed by atoms with Crippen molar-refractivity contribution in [3.63, 3.8) is 0 Å². The number of rotatable bonds is 4. The third-order valence-corrected chi connectivity index (χ3v) is 6.37. The van der Waals surface area contributed by atoms with Crippen molar-refractivity contribution in [1.82, 2.24) is 9.97 Å². The van der Waals surface area contributed by atoms with E-state index in [1.165, 1.54) is 24.2 Å². The molecule has 3 aromatic rings. The summed E-state index contributed by atoms with van der Waals surface area (Å²) in [6.07, 6.45) is 2.95. The highest BCUT2D eigenvalue weighted by atomic mass is 35.5. The van der Waals surface area contributed by atoms with Gasteiger partial charge in [0.1, 0.15) is 5.76 Å². The van der Waals surface area contributed by atoms with Gasteiger partial charge < -0.3 is 5.11 Å². The molecular weight excluding hydrogens is 438 g/mol. The fraction of sp³-hybridized carbons (Fsp3) is 0.136.